The Morgan fingerprint density at radius 3 is 2.54 bits per heavy atom. The van der Waals surface area contributed by atoms with E-state index >= 15 is 0 Å². The Balaban J connectivity index is 3.21. The van der Waals surface area contributed by atoms with E-state index in [0.29, 0.717) is 12.6 Å². The Bertz CT molecular complexity index is 149. The molecule has 78 valence electrons. The summed E-state index contributed by atoms with van der Waals surface area (Å²) in [4.78, 5) is 11.7. The molecule has 0 bridgehead atoms. The third-order valence-electron chi connectivity index (χ3n) is 1.80. The number of rotatable bonds is 6. The van der Waals surface area contributed by atoms with Gasteiger partial charge in [0.2, 0.25) is 0 Å². The van der Waals surface area contributed by atoms with Crippen molar-refractivity contribution in [2.24, 2.45) is 0 Å². The first-order valence-electron chi connectivity index (χ1n) is 4.71. The topological polar surface area (TPSA) is 52.6 Å². The van der Waals surface area contributed by atoms with Crippen LogP contribution in [-0.2, 0) is 0 Å². The summed E-state index contributed by atoms with van der Waals surface area (Å²) in [5.41, 5.74) is 0. The third-order valence-corrected chi connectivity index (χ3v) is 1.80. The molecule has 0 aliphatic heterocycles. The predicted octanol–water partition coefficient (Wildman–Crippen LogP) is 1.37. The molecule has 0 aromatic heterocycles. The molecule has 0 radical (unpaired) electrons. The van der Waals surface area contributed by atoms with Gasteiger partial charge in [0.25, 0.3) is 0 Å². The van der Waals surface area contributed by atoms with Crippen LogP contribution in [0, 0.1) is 0 Å². The van der Waals surface area contributed by atoms with Crippen molar-refractivity contribution < 1.29 is 9.90 Å². The van der Waals surface area contributed by atoms with E-state index in [0.717, 1.165) is 19.4 Å². The molecule has 4 heteroatoms. The summed E-state index contributed by atoms with van der Waals surface area (Å²) in [6, 6.07) is 0.511. The number of amides is 1. The molecule has 0 fully saturated rings. The van der Waals surface area contributed by atoms with Crippen LogP contribution in [0.4, 0.5) is 4.79 Å². The first-order valence-corrected chi connectivity index (χ1v) is 4.71. The van der Waals surface area contributed by atoms with Crippen molar-refractivity contribution in [3.8, 4) is 0 Å². The average Bonchev–Trinajstić information content (AvgIpc) is 2.02. The predicted molar refractivity (Wildman–Crippen MR) is 53.0 cm³/mol. The maximum Gasteiger partial charge on any atom is 0.407 e. The molecular formula is C9H20N2O2. The molecular weight excluding hydrogens is 168 g/mol. The van der Waals surface area contributed by atoms with E-state index in [2.05, 4.69) is 19.2 Å². The van der Waals surface area contributed by atoms with Crippen LogP contribution in [0.5, 0.6) is 0 Å². The second kappa shape index (κ2) is 6.71. The van der Waals surface area contributed by atoms with Crippen molar-refractivity contribution in [1.82, 2.24) is 10.2 Å². The summed E-state index contributed by atoms with van der Waals surface area (Å²) < 4.78 is 0. The lowest BCUT2D eigenvalue weighted by Crippen LogP contribution is -2.27. The molecule has 0 aromatic carbocycles. The zero-order valence-corrected chi connectivity index (χ0v) is 8.71. The van der Waals surface area contributed by atoms with E-state index in [4.69, 9.17) is 5.11 Å². The zero-order chi connectivity index (χ0) is 10.3. The summed E-state index contributed by atoms with van der Waals surface area (Å²) in [5.74, 6) is 0. The van der Waals surface area contributed by atoms with E-state index in [9.17, 15) is 4.79 Å². The van der Waals surface area contributed by atoms with Gasteiger partial charge in [-0.1, -0.05) is 13.8 Å². The molecule has 1 amide bonds. The number of carboxylic acid groups (broad SMARTS) is 1. The van der Waals surface area contributed by atoms with Gasteiger partial charge in [-0.3, -0.25) is 0 Å². The number of carbonyl (C=O) groups is 1. The van der Waals surface area contributed by atoms with Gasteiger partial charge < -0.3 is 15.3 Å². The molecule has 0 aromatic rings. The van der Waals surface area contributed by atoms with Crippen molar-refractivity contribution in [2.45, 2.75) is 32.7 Å². The van der Waals surface area contributed by atoms with Crippen LogP contribution < -0.4 is 5.32 Å². The maximum atomic E-state index is 10.4. The van der Waals surface area contributed by atoms with Crippen molar-refractivity contribution >= 4 is 6.09 Å². The molecule has 2 N–H and O–H groups in total. The number of hydrogen-bond acceptors (Lipinski definition) is 2. The standard InChI is InChI=1S/C9H20N2O2/c1-8(2)10-6-4-5-7-11(3)9(12)13/h8,10H,4-7H2,1-3H3,(H,12,13). The minimum Gasteiger partial charge on any atom is -0.465 e. The van der Waals surface area contributed by atoms with Crippen LogP contribution >= 0.6 is 0 Å². The van der Waals surface area contributed by atoms with Crippen LogP contribution in [0.25, 0.3) is 0 Å². The van der Waals surface area contributed by atoms with E-state index in [1.54, 1.807) is 7.05 Å². The molecule has 0 atom stereocenters. The molecule has 0 aliphatic carbocycles. The van der Waals surface area contributed by atoms with Crippen molar-refractivity contribution in [3.05, 3.63) is 0 Å². The number of unbranched alkanes of at least 4 members (excludes halogenated alkanes) is 1. The van der Waals surface area contributed by atoms with Crippen LogP contribution in [0.15, 0.2) is 0 Å². The quantitative estimate of drug-likeness (QED) is 0.619. The summed E-state index contributed by atoms with van der Waals surface area (Å²) in [5, 5.41) is 11.8. The molecule has 0 rings (SSSR count). The lowest BCUT2D eigenvalue weighted by Gasteiger charge is -2.13. The molecule has 0 saturated carbocycles. The van der Waals surface area contributed by atoms with E-state index < -0.39 is 6.09 Å². The Hall–Kier alpha value is -0.770. The first kappa shape index (κ1) is 12.2. The van der Waals surface area contributed by atoms with Gasteiger partial charge in [-0.15, -0.1) is 0 Å². The minimum atomic E-state index is -0.850. The Morgan fingerprint density at radius 1 is 1.46 bits per heavy atom. The number of nitrogens with zero attached hydrogens (tertiary/aromatic N) is 1. The van der Waals surface area contributed by atoms with Crippen LogP contribution in [-0.4, -0.2) is 42.3 Å². The van der Waals surface area contributed by atoms with Crippen LogP contribution in [0.3, 0.4) is 0 Å². The molecule has 13 heavy (non-hydrogen) atoms. The fourth-order valence-corrected chi connectivity index (χ4v) is 0.960. The summed E-state index contributed by atoms with van der Waals surface area (Å²) in [6.45, 7) is 5.78. The third kappa shape index (κ3) is 7.59. The fourth-order valence-electron chi connectivity index (χ4n) is 0.960. The molecule has 0 spiro atoms. The lowest BCUT2D eigenvalue weighted by atomic mass is 10.3. The molecule has 0 unspecified atom stereocenters. The van der Waals surface area contributed by atoms with Gasteiger partial charge in [-0.25, -0.2) is 4.79 Å². The van der Waals surface area contributed by atoms with Gasteiger partial charge in [-0.05, 0) is 19.4 Å². The molecule has 0 aliphatic rings. The highest BCUT2D eigenvalue weighted by molar-refractivity contribution is 5.64. The van der Waals surface area contributed by atoms with Gasteiger partial charge in [0.15, 0.2) is 0 Å². The average molecular weight is 188 g/mol. The largest absolute Gasteiger partial charge is 0.465 e. The monoisotopic (exact) mass is 188 g/mol. The van der Waals surface area contributed by atoms with Gasteiger partial charge in [0.1, 0.15) is 0 Å². The second-order valence-corrected chi connectivity index (χ2v) is 3.52. The highest BCUT2D eigenvalue weighted by Gasteiger charge is 2.03. The van der Waals surface area contributed by atoms with Gasteiger partial charge >= 0.3 is 6.09 Å². The molecule has 0 saturated heterocycles. The molecule has 0 heterocycles. The summed E-state index contributed by atoms with van der Waals surface area (Å²) in [6.07, 6.45) is 1.09. The van der Waals surface area contributed by atoms with Gasteiger partial charge in [-0.2, -0.15) is 0 Å². The highest BCUT2D eigenvalue weighted by Crippen LogP contribution is 1.92. The van der Waals surface area contributed by atoms with Crippen molar-refractivity contribution in [1.29, 1.82) is 0 Å². The highest BCUT2D eigenvalue weighted by atomic mass is 16.4. The summed E-state index contributed by atoms with van der Waals surface area (Å²) in [7, 11) is 1.60. The van der Waals surface area contributed by atoms with Crippen molar-refractivity contribution in [2.75, 3.05) is 20.1 Å². The van der Waals surface area contributed by atoms with E-state index in [1.807, 2.05) is 0 Å². The van der Waals surface area contributed by atoms with Crippen LogP contribution in [0.2, 0.25) is 0 Å². The fraction of sp³-hybridized carbons (Fsp3) is 0.889. The Morgan fingerprint density at radius 2 is 2.08 bits per heavy atom. The SMILES string of the molecule is CC(C)NCCCCN(C)C(=O)O. The van der Waals surface area contributed by atoms with Gasteiger partial charge in [0, 0.05) is 19.6 Å². The summed E-state index contributed by atoms with van der Waals surface area (Å²) >= 11 is 0. The Labute approximate surface area is 79.9 Å². The number of nitrogens with one attached hydrogen (secondary N) is 1. The van der Waals surface area contributed by atoms with Crippen molar-refractivity contribution in [3.63, 3.8) is 0 Å². The van der Waals surface area contributed by atoms with E-state index in [-0.39, 0.29) is 0 Å². The van der Waals surface area contributed by atoms with Crippen LogP contribution in [0.1, 0.15) is 26.7 Å². The Kier molecular flexibility index (Phi) is 6.32. The minimum absolute atomic E-state index is 0.511. The maximum absolute atomic E-state index is 10.4. The normalized spacial score (nSPS) is 10.5. The lowest BCUT2D eigenvalue weighted by molar-refractivity contribution is 0.155. The smallest absolute Gasteiger partial charge is 0.407 e. The zero-order valence-electron chi connectivity index (χ0n) is 8.71. The second-order valence-electron chi connectivity index (χ2n) is 3.52. The number of hydrogen-bond donors (Lipinski definition) is 2. The molecule has 4 nitrogen and oxygen atoms in total. The van der Waals surface area contributed by atoms with E-state index in [1.165, 1.54) is 4.90 Å². The first-order chi connectivity index (χ1) is 6.04. The van der Waals surface area contributed by atoms with Gasteiger partial charge in [0.05, 0.1) is 0 Å².